The lowest BCUT2D eigenvalue weighted by Gasteiger charge is -2.21. The molecule has 0 aliphatic heterocycles. The minimum atomic E-state index is -0.232. The first kappa shape index (κ1) is 13.6. The monoisotopic (exact) mass is 255 g/mol. The molecule has 4 N–H and O–H groups in total. The lowest BCUT2D eigenvalue weighted by Crippen LogP contribution is -2.43. The molecule has 0 saturated carbocycles. The Balaban J connectivity index is 2.53. The maximum atomic E-state index is 11.6. The number of carbonyl (C=O) groups excluding carboxylic acids is 1. The number of hydrogen-bond acceptors (Lipinski definition) is 3. The quantitative estimate of drug-likeness (QED) is 0.726. The van der Waals surface area contributed by atoms with Gasteiger partial charge in [-0.3, -0.25) is 4.79 Å². The van der Waals surface area contributed by atoms with E-state index < -0.39 is 0 Å². The van der Waals surface area contributed by atoms with Crippen LogP contribution in [-0.2, 0) is 4.79 Å². The molecule has 0 aliphatic rings. The molecule has 17 heavy (non-hydrogen) atoms. The van der Waals surface area contributed by atoms with E-state index in [2.05, 4.69) is 10.6 Å². The minimum Gasteiger partial charge on any atom is -0.397 e. The molecule has 0 radical (unpaired) electrons. The Hall–Kier alpha value is -1.42. The molecule has 0 heterocycles. The van der Waals surface area contributed by atoms with Crippen LogP contribution in [0.3, 0.4) is 0 Å². The summed E-state index contributed by atoms with van der Waals surface area (Å²) in [7, 11) is 0. The molecule has 1 rings (SSSR count). The van der Waals surface area contributed by atoms with E-state index in [9.17, 15) is 4.79 Å². The van der Waals surface area contributed by atoms with Crippen molar-refractivity contribution in [3.8, 4) is 0 Å². The van der Waals surface area contributed by atoms with Gasteiger partial charge < -0.3 is 16.4 Å². The van der Waals surface area contributed by atoms with E-state index in [-0.39, 0.29) is 18.0 Å². The van der Waals surface area contributed by atoms with Crippen molar-refractivity contribution in [3.63, 3.8) is 0 Å². The molecule has 1 aromatic carbocycles. The van der Waals surface area contributed by atoms with E-state index in [1.54, 1.807) is 18.2 Å². The predicted octanol–water partition coefficient (Wildman–Crippen LogP) is 2.25. The third-order valence-electron chi connectivity index (χ3n) is 1.97. The highest BCUT2D eigenvalue weighted by molar-refractivity contribution is 6.31. The molecule has 0 aromatic heterocycles. The first-order valence-corrected chi connectivity index (χ1v) is 5.75. The van der Waals surface area contributed by atoms with Gasteiger partial charge in [0.15, 0.2) is 0 Å². The largest absolute Gasteiger partial charge is 0.397 e. The summed E-state index contributed by atoms with van der Waals surface area (Å²) in [4.78, 5) is 11.6. The van der Waals surface area contributed by atoms with Gasteiger partial charge in [0.1, 0.15) is 0 Å². The van der Waals surface area contributed by atoms with Gasteiger partial charge in [0.2, 0.25) is 5.91 Å². The molecular formula is C12H18ClN3O. The van der Waals surface area contributed by atoms with Crippen LogP contribution in [0.5, 0.6) is 0 Å². The molecule has 0 fully saturated rings. The number of hydrogen-bond donors (Lipinski definition) is 3. The molecular weight excluding hydrogens is 238 g/mol. The Bertz CT molecular complexity index is 413. The Morgan fingerprint density at radius 3 is 2.59 bits per heavy atom. The van der Waals surface area contributed by atoms with Crippen LogP contribution in [0, 0.1) is 0 Å². The average molecular weight is 256 g/mol. The van der Waals surface area contributed by atoms with E-state index >= 15 is 0 Å². The van der Waals surface area contributed by atoms with Crippen molar-refractivity contribution in [2.24, 2.45) is 0 Å². The number of benzene rings is 1. The summed E-state index contributed by atoms with van der Waals surface area (Å²) < 4.78 is 0. The van der Waals surface area contributed by atoms with Crippen molar-refractivity contribution < 1.29 is 4.79 Å². The van der Waals surface area contributed by atoms with Gasteiger partial charge in [0, 0.05) is 10.6 Å². The zero-order chi connectivity index (χ0) is 13.1. The smallest absolute Gasteiger partial charge is 0.239 e. The van der Waals surface area contributed by atoms with Crippen molar-refractivity contribution in [2.75, 3.05) is 17.6 Å². The van der Waals surface area contributed by atoms with Crippen LogP contribution in [0.4, 0.5) is 11.4 Å². The van der Waals surface area contributed by atoms with Crippen LogP contribution in [0.15, 0.2) is 18.2 Å². The highest BCUT2D eigenvalue weighted by Crippen LogP contribution is 2.22. The fourth-order valence-electron chi connectivity index (χ4n) is 1.33. The Labute approximate surface area is 107 Å². The van der Waals surface area contributed by atoms with Crippen LogP contribution >= 0.6 is 11.6 Å². The van der Waals surface area contributed by atoms with Gasteiger partial charge in [-0.15, -0.1) is 0 Å². The molecule has 0 atom stereocenters. The van der Waals surface area contributed by atoms with E-state index in [0.29, 0.717) is 16.4 Å². The van der Waals surface area contributed by atoms with Crippen LogP contribution in [0.2, 0.25) is 5.02 Å². The third-order valence-corrected chi connectivity index (χ3v) is 2.20. The van der Waals surface area contributed by atoms with Gasteiger partial charge in [-0.1, -0.05) is 11.6 Å². The molecule has 0 aliphatic carbocycles. The number of rotatable bonds is 3. The summed E-state index contributed by atoms with van der Waals surface area (Å²) in [5.41, 5.74) is 6.76. The summed E-state index contributed by atoms with van der Waals surface area (Å²) in [6.45, 7) is 5.98. The van der Waals surface area contributed by atoms with Gasteiger partial charge >= 0.3 is 0 Å². The van der Waals surface area contributed by atoms with Crippen molar-refractivity contribution in [1.82, 2.24) is 5.32 Å². The number of nitrogens with two attached hydrogens (primary N) is 1. The second-order valence-corrected chi connectivity index (χ2v) is 5.32. The molecule has 94 valence electrons. The lowest BCUT2D eigenvalue weighted by atomic mass is 10.1. The molecule has 1 amide bonds. The fraction of sp³-hybridized carbons (Fsp3) is 0.417. The van der Waals surface area contributed by atoms with Crippen molar-refractivity contribution in [3.05, 3.63) is 23.2 Å². The number of amides is 1. The normalized spacial score (nSPS) is 11.1. The summed E-state index contributed by atoms with van der Waals surface area (Å²) in [6.07, 6.45) is 0. The van der Waals surface area contributed by atoms with Crippen molar-refractivity contribution in [2.45, 2.75) is 26.3 Å². The van der Waals surface area contributed by atoms with E-state index in [1.807, 2.05) is 20.8 Å². The average Bonchev–Trinajstić information content (AvgIpc) is 2.13. The molecule has 5 heteroatoms. The van der Waals surface area contributed by atoms with E-state index in [1.165, 1.54) is 0 Å². The maximum Gasteiger partial charge on any atom is 0.239 e. The Kier molecular flexibility index (Phi) is 4.23. The zero-order valence-electron chi connectivity index (χ0n) is 10.3. The number of nitrogens with one attached hydrogen (secondary N) is 2. The molecule has 4 nitrogen and oxygen atoms in total. The second kappa shape index (κ2) is 5.27. The molecule has 1 aromatic rings. The van der Waals surface area contributed by atoms with Crippen LogP contribution in [0.1, 0.15) is 20.8 Å². The highest BCUT2D eigenvalue weighted by Gasteiger charge is 2.13. The Morgan fingerprint density at radius 1 is 1.41 bits per heavy atom. The van der Waals surface area contributed by atoms with Crippen molar-refractivity contribution in [1.29, 1.82) is 0 Å². The topological polar surface area (TPSA) is 67.2 Å². The summed E-state index contributed by atoms with van der Waals surface area (Å²) in [6, 6.07) is 5.12. The summed E-state index contributed by atoms with van der Waals surface area (Å²) in [5, 5.41) is 6.39. The molecule has 0 saturated heterocycles. The second-order valence-electron chi connectivity index (χ2n) is 4.88. The highest BCUT2D eigenvalue weighted by atomic mass is 35.5. The summed E-state index contributed by atoms with van der Waals surface area (Å²) >= 11 is 5.78. The van der Waals surface area contributed by atoms with Gasteiger partial charge in [-0.2, -0.15) is 0 Å². The predicted molar refractivity (Wildman–Crippen MR) is 72.2 cm³/mol. The number of halogens is 1. The van der Waals surface area contributed by atoms with E-state index in [4.69, 9.17) is 17.3 Å². The third kappa shape index (κ3) is 4.95. The minimum absolute atomic E-state index is 0.0770. The fourth-order valence-corrected chi connectivity index (χ4v) is 1.51. The van der Waals surface area contributed by atoms with Crippen LogP contribution in [-0.4, -0.2) is 18.0 Å². The van der Waals surface area contributed by atoms with Crippen molar-refractivity contribution >= 4 is 28.9 Å². The van der Waals surface area contributed by atoms with Gasteiger partial charge in [0.25, 0.3) is 0 Å². The summed E-state index contributed by atoms with van der Waals surface area (Å²) in [5.74, 6) is -0.0770. The molecule has 0 bridgehead atoms. The lowest BCUT2D eigenvalue weighted by molar-refractivity contribution is -0.120. The number of carbonyl (C=O) groups is 1. The molecule has 0 unspecified atom stereocenters. The number of anilines is 2. The van der Waals surface area contributed by atoms with Gasteiger partial charge in [0.05, 0.1) is 17.9 Å². The van der Waals surface area contributed by atoms with Crippen LogP contribution in [0.25, 0.3) is 0 Å². The first-order chi connectivity index (χ1) is 7.78. The SMILES string of the molecule is CC(C)(C)NC(=O)CNc1ccc(Cl)cc1N. The standard InChI is InChI=1S/C12H18ClN3O/c1-12(2,3)16-11(17)7-15-10-5-4-8(13)6-9(10)14/h4-6,15H,7,14H2,1-3H3,(H,16,17). The Morgan fingerprint density at radius 2 is 2.06 bits per heavy atom. The van der Waals surface area contributed by atoms with Gasteiger partial charge in [-0.25, -0.2) is 0 Å². The molecule has 0 spiro atoms. The maximum absolute atomic E-state index is 11.6. The zero-order valence-corrected chi connectivity index (χ0v) is 11.1. The first-order valence-electron chi connectivity index (χ1n) is 5.38. The van der Waals surface area contributed by atoms with Gasteiger partial charge in [-0.05, 0) is 39.0 Å². The number of nitrogen functional groups attached to an aromatic ring is 1. The van der Waals surface area contributed by atoms with Crippen LogP contribution < -0.4 is 16.4 Å². The van der Waals surface area contributed by atoms with E-state index in [0.717, 1.165) is 0 Å².